The highest BCUT2D eigenvalue weighted by Crippen LogP contribution is 2.29. The maximum absolute atomic E-state index is 4.82. The van der Waals surface area contributed by atoms with Crippen molar-refractivity contribution in [2.45, 2.75) is 58.5 Å². The average molecular weight is 267 g/mol. The molecular formula is C14H25N3S. The molecule has 1 aromatic heterocycles. The van der Waals surface area contributed by atoms with Crippen LogP contribution in [0.15, 0.2) is 5.38 Å². The van der Waals surface area contributed by atoms with Crippen LogP contribution < -0.4 is 10.2 Å². The van der Waals surface area contributed by atoms with E-state index in [1.54, 1.807) is 11.3 Å². The number of piperidine rings is 1. The molecule has 2 rings (SSSR count). The van der Waals surface area contributed by atoms with Gasteiger partial charge in [-0.3, -0.25) is 0 Å². The van der Waals surface area contributed by atoms with Gasteiger partial charge in [-0.05, 0) is 46.1 Å². The van der Waals surface area contributed by atoms with Crippen molar-refractivity contribution in [2.75, 3.05) is 18.0 Å². The molecule has 102 valence electrons. The quantitative estimate of drug-likeness (QED) is 0.884. The molecule has 0 bridgehead atoms. The molecule has 2 unspecified atom stereocenters. The molecule has 1 aromatic rings. The summed E-state index contributed by atoms with van der Waals surface area (Å²) in [5.41, 5.74) is 1.20. The van der Waals surface area contributed by atoms with Gasteiger partial charge in [0.2, 0.25) is 0 Å². The van der Waals surface area contributed by atoms with Crippen LogP contribution in [-0.4, -0.2) is 24.1 Å². The van der Waals surface area contributed by atoms with Gasteiger partial charge < -0.3 is 10.2 Å². The van der Waals surface area contributed by atoms with E-state index in [9.17, 15) is 0 Å². The van der Waals surface area contributed by atoms with Crippen LogP contribution in [0.2, 0.25) is 0 Å². The van der Waals surface area contributed by atoms with Crippen molar-refractivity contribution in [1.29, 1.82) is 0 Å². The first-order valence-corrected chi connectivity index (χ1v) is 8.05. The first kappa shape index (κ1) is 13.8. The number of aromatic nitrogens is 1. The molecule has 0 amide bonds. The van der Waals surface area contributed by atoms with Gasteiger partial charge in [0.25, 0.3) is 0 Å². The fourth-order valence-corrected chi connectivity index (χ4v) is 3.50. The van der Waals surface area contributed by atoms with Crippen LogP contribution in [0.3, 0.4) is 0 Å². The lowest BCUT2D eigenvalue weighted by Gasteiger charge is -2.33. The number of hydrogen-bond donors (Lipinski definition) is 1. The highest BCUT2D eigenvalue weighted by atomic mass is 32.1. The number of anilines is 1. The Balaban J connectivity index is 2.00. The smallest absolute Gasteiger partial charge is 0.185 e. The lowest BCUT2D eigenvalue weighted by atomic mass is 10.1. The van der Waals surface area contributed by atoms with Crippen molar-refractivity contribution in [3.63, 3.8) is 0 Å². The van der Waals surface area contributed by atoms with E-state index in [0.717, 1.165) is 6.54 Å². The third-order valence-electron chi connectivity index (χ3n) is 3.70. The summed E-state index contributed by atoms with van der Waals surface area (Å²) in [5.74, 6) is 0. The van der Waals surface area contributed by atoms with Crippen molar-refractivity contribution in [3.8, 4) is 0 Å². The normalized spacial score (nSPS) is 22.2. The van der Waals surface area contributed by atoms with Gasteiger partial charge >= 0.3 is 0 Å². The van der Waals surface area contributed by atoms with Crippen LogP contribution >= 0.6 is 11.3 Å². The molecule has 1 aliphatic rings. The van der Waals surface area contributed by atoms with E-state index in [2.05, 4.69) is 36.4 Å². The predicted molar refractivity (Wildman–Crippen MR) is 79.5 cm³/mol. The second-order valence-corrected chi connectivity index (χ2v) is 6.11. The Hall–Kier alpha value is -0.610. The standard InChI is InChI=1S/C14H25N3S/c1-4-8-15-12(3)13-10-18-14(16-13)17-9-6-5-7-11(17)2/h10-12,15H,4-9H2,1-3H3. The second kappa shape index (κ2) is 6.53. The molecule has 18 heavy (non-hydrogen) atoms. The van der Waals surface area contributed by atoms with Gasteiger partial charge in [-0.15, -0.1) is 11.3 Å². The van der Waals surface area contributed by atoms with Crippen LogP contribution in [0, 0.1) is 0 Å². The molecule has 3 nitrogen and oxygen atoms in total. The molecule has 4 heteroatoms. The molecule has 2 heterocycles. The number of rotatable bonds is 5. The summed E-state index contributed by atoms with van der Waals surface area (Å²) in [4.78, 5) is 7.30. The SMILES string of the molecule is CCCNC(C)c1csc(N2CCCCC2C)n1. The Labute approximate surface area is 115 Å². The molecule has 1 fully saturated rings. The third-order valence-corrected chi connectivity index (χ3v) is 4.60. The maximum Gasteiger partial charge on any atom is 0.185 e. The molecule has 1 saturated heterocycles. The van der Waals surface area contributed by atoms with Crippen molar-refractivity contribution < 1.29 is 0 Å². The van der Waals surface area contributed by atoms with Gasteiger partial charge in [-0.2, -0.15) is 0 Å². The Bertz CT molecular complexity index is 364. The van der Waals surface area contributed by atoms with Gasteiger partial charge in [0.1, 0.15) is 0 Å². The zero-order valence-corrected chi connectivity index (χ0v) is 12.6. The molecule has 0 saturated carbocycles. The summed E-state index contributed by atoms with van der Waals surface area (Å²) in [6, 6.07) is 1.02. The summed E-state index contributed by atoms with van der Waals surface area (Å²) in [7, 11) is 0. The summed E-state index contributed by atoms with van der Waals surface area (Å²) < 4.78 is 0. The second-order valence-electron chi connectivity index (χ2n) is 5.27. The number of hydrogen-bond acceptors (Lipinski definition) is 4. The molecule has 0 spiro atoms. The lowest BCUT2D eigenvalue weighted by Crippen LogP contribution is -2.37. The third kappa shape index (κ3) is 3.23. The largest absolute Gasteiger partial charge is 0.345 e. The van der Waals surface area contributed by atoms with E-state index < -0.39 is 0 Å². The summed E-state index contributed by atoms with van der Waals surface area (Å²) in [6.07, 6.45) is 5.15. The zero-order chi connectivity index (χ0) is 13.0. The van der Waals surface area contributed by atoms with Crippen molar-refractivity contribution in [3.05, 3.63) is 11.1 Å². The molecule has 0 aliphatic carbocycles. The van der Waals surface area contributed by atoms with E-state index in [1.165, 1.54) is 43.1 Å². The van der Waals surface area contributed by atoms with Crippen LogP contribution in [0.5, 0.6) is 0 Å². The monoisotopic (exact) mass is 267 g/mol. The minimum absolute atomic E-state index is 0.370. The number of nitrogens with zero attached hydrogens (tertiary/aromatic N) is 2. The minimum atomic E-state index is 0.370. The highest BCUT2D eigenvalue weighted by Gasteiger charge is 2.21. The Morgan fingerprint density at radius 2 is 2.39 bits per heavy atom. The maximum atomic E-state index is 4.82. The summed E-state index contributed by atoms with van der Waals surface area (Å²) in [5, 5.41) is 6.92. The van der Waals surface area contributed by atoms with E-state index in [0.29, 0.717) is 12.1 Å². The average Bonchev–Trinajstić information content (AvgIpc) is 2.86. The summed E-state index contributed by atoms with van der Waals surface area (Å²) in [6.45, 7) is 8.95. The molecule has 1 aliphatic heterocycles. The molecular weight excluding hydrogens is 242 g/mol. The Morgan fingerprint density at radius 1 is 1.56 bits per heavy atom. The number of thiazole rings is 1. The topological polar surface area (TPSA) is 28.2 Å². The van der Waals surface area contributed by atoms with Gasteiger partial charge in [0, 0.05) is 24.0 Å². The highest BCUT2D eigenvalue weighted by molar-refractivity contribution is 7.13. The Morgan fingerprint density at radius 3 is 3.11 bits per heavy atom. The molecule has 2 atom stereocenters. The van der Waals surface area contributed by atoms with E-state index in [4.69, 9.17) is 4.98 Å². The van der Waals surface area contributed by atoms with Gasteiger partial charge in [0.05, 0.1) is 5.69 Å². The van der Waals surface area contributed by atoms with Crippen LogP contribution in [0.1, 0.15) is 58.2 Å². The predicted octanol–water partition coefficient (Wildman–Crippen LogP) is 3.58. The van der Waals surface area contributed by atoms with Gasteiger partial charge in [-0.25, -0.2) is 4.98 Å². The Kier molecular flexibility index (Phi) is 5.01. The van der Waals surface area contributed by atoms with Gasteiger partial charge in [-0.1, -0.05) is 6.92 Å². The minimum Gasteiger partial charge on any atom is -0.345 e. The first-order chi connectivity index (χ1) is 8.72. The van der Waals surface area contributed by atoms with E-state index in [1.807, 2.05) is 0 Å². The van der Waals surface area contributed by atoms with Crippen molar-refractivity contribution in [2.24, 2.45) is 0 Å². The van der Waals surface area contributed by atoms with Crippen molar-refractivity contribution in [1.82, 2.24) is 10.3 Å². The van der Waals surface area contributed by atoms with E-state index >= 15 is 0 Å². The zero-order valence-electron chi connectivity index (χ0n) is 11.8. The van der Waals surface area contributed by atoms with Crippen LogP contribution in [0.4, 0.5) is 5.13 Å². The van der Waals surface area contributed by atoms with Gasteiger partial charge in [0.15, 0.2) is 5.13 Å². The lowest BCUT2D eigenvalue weighted by molar-refractivity contribution is 0.483. The molecule has 0 aromatic carbocycles. The first-order valence-electron chi connectivity index (χ1n) is 7.17. The summed E-state index contributed by atoms with van der Waals surface area (Å²) >= 11 is 1.80. The fraction of sp³-hybridized carbons (Fsp3) is 0.786. The molecule has 1 N–H and O–H groups in total. The molecule has 0 radical (unpaired) electrons. The fourth-order valence-electron chi connectivity index (χ4n) is 2.45. The van der Waals surface area contributed by atoms with Crippen LogP contribution in [-0.2, 0) is 0 Å². The van der Waals surface area contributed by atoms with E-state index in [-0.39, 0.29) is 0 Å². The van der Waals surface area contributed by atoms with Crippen molar-refractivity contribution >= 4 is 16.5 Å². The number of nitrogens with one attached hydrogen (secondary N) is 1. The van der Waals surface area contributed by atoms with Crippen LogP contribution in [0.25, 0.3) is 0 Å².